The van der Waals surface area contributed by atoms with E-state index < -0.39 is 40.6 Å². The maximum Gasteiger partial charge on any atom is 0.311 e. The quantitative estimate of drug-likeness (QED) is 0.0288. The van der Waals surface area contributed by atoms with Crippen LogP contribution in [0.2, 0.25) is 0 Å². The second-order valence-corrected chi connectivity index (χ2v) is 12.0. The van der Waals surface area contributed by atoms with E-state index in [0.717, 1.165) is 18.4 Å². The number of benzene rings is 4. The minimum absolute atomic E-state index is 0.0698. The van der Waals surface area contributed by atoms with Crippen molar-refractivity contribution in [3.05, 3.63) is 118 Å². The van der Waals surface area contributed by atoms with Crippen molar-refractivity contribution < 1.29 is 37.8 Å². The number of halogens is 2. The fourth-order valence-electron chi connectivity index (χ4n) is 6.14. The Hall–Kier alpha value is -5.76. The molecule has 0 spiro atoms. The van der Waals surface area contributed by atoms with Crippen LogP contribution in [0.5, 0.6) is 5.75 Å². The Labute approximate surface area is 284 Å². The number of rotatable bonds is 15. The van der Waals surface area contributed by atoms with Gasteiger partial charge in [-0.1, -0.05) is 30.7 Å². The number of anilines is 2. The Balaban J connectivity index is 1.01. The topological polar surface area (TPSA) is 161 Å². The van der Waals surface area contributed by atoms with Crippen molar-refractivity contribution in [1.82, 2.24) is 10.3 Å². The number of esters is 1. The number of hydrogen-bond donors (Lipinski definition) is 2. The lowest BCUT2D eigenvalue weighted by Gasteiger charge is -2.48. The average molecular weight is 686 g/mol. The highest BCUT2D eigenvalue weighted by Crippen LogP contribution is 2.46. The Morgan fingerprint density at radius 1 is 0.940 bits per heavy atom. The fourth-order valence-corrected chi connectivity index (χ4v) is 6.14. The molecule has 12 nitrogen and oxygen atoms in total. The fraction of sp³-hybridized carbons (Fsp3) is 0.278. The van der Waals surface area contributed by atoms with E-state index in [2.05, 4.69) is 20.3 Å². The number of hydrogen-bond acceptors (Lipinski definition) is 10. The smallest absolute Gasteiger partial charge is 0.311 e. The van der Waals surface area contributed by atoms with Gasteiger partial charge in [-0.3, -0.25) is 19.7 Å². The van der Waals surface area contributed by atoms with Gasteiger partial charge in [-0.15, -0.1) is 0 Å². The van der Waals surface area contributed by atoms with Crippen molar-refractivity contribution in [2.75, 3.05) is 16.8 Å². The largest absolute Gasteiger partial charge is 0.427 e. The summed E-state index contributed by atoms with van der Waals surface area (Å²) in [7, 11) is 0. The molecule has 0 aliphatic carbocycles. The molecule has 1 aliphatic rings. The van der Waals surface area contributed by atoms with Gasteiger partial charge >= 0.3 is 11.7 Å². The molecule has 1 aromatic heterocycles. The summed E-state index contributed by atoms with van der Waals surface area (Å²) in [5, 5.41) is 32.4. The maximum absolute atomic E-state index is 13.7. The van der Waals surface area contributed by atoms with Gasteiger partial charge in [-0.2, -0.15) is 0 Å². The molecule has 1 fully saturated rings. The van der Waals surface area contributed by atoms with Crippen LogP contribution in [0.25, 0.3) is 11.0 Å². The van der Waals surface area contributed by atoms with E-state index in [9.17, 15) is 33.6 Å². The first kappa shape index (κ1) is 34.1. The van der Waals surface area contributed by atoms with E-state index in [0.29, 0.717) is 42.1 Å². The molecule has 14 heteroatoms. The van der Waals surface area contributed by atoms with Gasteiger partial charge in [0.25, 0.3) is 0 Å². The van der Waals surface area contributed by atoms with Crippen LogP contribution in [0.1, 0.15) is 61.8 Å². The number of aromatic nitrogens is 2. The molecule has 258 valence electrons. The van der Waals surface area contributed by atoms with Crippen LogP contribution in [0.15, 0.2) is 89.6 Å². The van der Waals surface area contributed by atoms with Crippen LogP contribution in [0.3, 0.4) is 0 Å². The number of ether oxygens (including phenoxy) is 1. The van der Waals surface area contributed by atoms with Crippen LogP contribution >= 0.6 is 0 Å². The summed E-state index contributed by atoms with van der Waals surface area (Å²) in [6.45, 7) is 0.543. The van der Waals surface area contributed by atoms with E-state index in [1.54, 1.807) is 47.4 Å². The van der Waals surface area contributed by atoms with Gasteiger partial charge in [0.2, 0.25) is 11.4 Å². The first-order valence-electron chi connectivity index (χ1n) is 16.2. The number of non-ortho nitro benzene ring substituents is 1. The number of amides is 1. The zero-order valence-electron chi connectivity index (χ0n) is 26.7. The summed E-state index contributed by atoms with van der Waals surface area (Å²) in [5.74, 6) is -1.48. The third-order valence-corrected chi connectivity index (χ3v) is 8.74. The van der Waals surface area contributed by atoms with Crippen molar-refractivity contribution in [3.8, 4) is 5.75 Å². The first-order chi connectivity index (χ1) is 24.2. The highest BCUT2D eigenvalue weighted by molar-refractivity contribution is 6.03. The number of nitro benzene ring substituents is 1. The molecule has 0 saturated carbocycles. The molecule has 2 heterocycles. The predicted molar refractivity (Wildman–Crippen MR) is 178 cm³/mol. The summed E-state index contributed by atoms with van der Waals surface area (Å²) >= 11 is 0. The van der Waals surface area contributed by atoms with E-state index in [-0.39, 0.29) is 35.5 Å². The number of nitrogens with zero attached hydrogens (tertiary/aromatic N) is 4. The van der Waals surface area contributed by atoms with Crippen LogP contribution < -0.4 is 15.0 Å². The normalized spacial score (nSPS) is 16.2. The number of aliphatic hydroxyl groups is 1. The molecule has 2 N–H and O–H groups in total. The molecule has 1 aliphatic heterocycles. The molecule has 0 unspecified atom stereocenters. The molecule has 4 aromatic carbocycles. The van der Waals surface area contributed by atoms with Crippen molar-refractivity contribution >= 4 is 40.0 Å². The molecular weight excluding hydrogens is 652 g/mol. The highest BCUT2D eigenvalue weighted by Gasteiger charge is 2.48. The molecule has 1 amide bonds. The van der Waals surface area contributed by atoms with Crippen molar-refractivity contribution in [2.24, 2.45) is 5.92 Å². The number of fused-ring (bicyclic) bond motifs is 1. The summed E-state index contributed by atoms with van der Waals surface area (Å²) < 4.78 is 37.2. The summed E-state index contributed by atoms with van der Waals surface area (Å²) in [4.78, 5) is 38.1. The summed E-state index contributed by atoms with van der Waals surface area (Å²) in [6.07, 6.45) is 1.99. The van der Waals surface area contributed by atoms with E-state index in [1.807, 2.05) is 0 Å². The van der Waals surface area contributed by atoms with Crippen molar-refractivity contribution in [1.29, 1.82) is 0 Å². The standard InChI is InChI=1S/C36H33F2N5O7/c37-24-9-5-22(6-10-24)31(44)20-17-28-35(42(36(28)46)26-13-11-25(38)12-14-26)23-7-15-27(16-8-23)49-32(45)4-2-1-3-21-39-29-18-19-30(43(47)48)34-33(29)40-50-41-34/h5-16,18-19,28,31,35,39,44H,1-4,17,20-21H2/t28-,31+,35-/m1/s1. The van der Waals surface area contributed by atoms with Crippen LogP contribution in [0.4, 0.5) is 25.8 Å². The van der Waals surface area contributed by atoms with E-state index >= 15 is 0 Å². The van der Waals surface area contributed by atoms with Gasteiger partial charge in [0.15, 0.2) is 5.52 Å². The second kappa shape index (κ2) is 15.2. The van der Waals surface area contributed by atoms with Gasteiger partial charge in [0.1, 0.15) is 17.4 Å². The van der Waals surface area contributed by atoms with Gasteiger partial charge < -0.3 is 20.1 Å². The van der Waals surface area contributed by atoms with E-state index in [4.69, 9.17) is 4.74 Å². The number of unbranched alkanes of at least 4 members (excludes halogenated alkanes) is 2. The lowest BCUT2D eigenvalue weighted by atomic mass is 9.78. The van der Waals surface area contributed by atoms with Gasteiger partial charge in [0.05, 0.1) is 28.7 Å². The second-order valence-electron chi connectivity index (χ2n) is 12.0. The molecule has 3 atom stereocenters. The molecule has 5 aromatic rings. The molecule has 0 bridgehead atoms. The van der Waals surface area contributed by atoms with Crippen molar-refractivity contribution in [2.45, 2.75) is 50.7 Å². The Morgan fingerprint density at radius 3 is 2.32 bits per heavy atom. The number of aliphatic hydroxyl groups excluding tert-OH is 1. The van der Waals surface area contributed by atoms with Gasteiger partial charge in [-0.25, -0.2) is 13.4 Å². The lowest BCUT2D eigenvalue weighted by molar-refractivity contribution is -0.383. The van der Waals surface area contributed by atoms with Crippen LogP contribution in [0, 0.1) is 27.7 Å². The third kappa shape index (κ3) is 7.60. The van der Waals surface area contributed by atoms with E-state index in [1.165, 1.54) is 42.5 Å². The molecule has 50 heavy (non-hydrogen) atoms. The number of carbonyl (C=O) groups is 2. The predicted octanol–water partition coefficient (Wildman–Crippen LogP) is 7.21. The van der Waals surface area contributed by atoms with Crippen molar-refractivity contribution in [3.63, 3.8) is 0 Å². The monoisotopic (exact) mass is 685 g/mol. The van der Waals surface area contributed by atoms with Crippen LogP contribution in [-0.2, 0) is 9.59 Å². The zero-order valence-corrected chi connectivity index (χ0v) is 26.7. The lowest BCUT2D eigenvalue weighted by Crippen LogP contribution is -2.55. The average Bonchev–Trinajstić information content (AvgIpc) is 3.60. The van der Waals surface area contributed by atoms with Gasteiger partial charge in [-0.05, 0) is 102 Å². The summed E-state index contributed by atoms with van der Waals surface area (Å²) in [6, 6.07) is 20.6. The minimum Gasteiger partial charge on any atom is -0.427 e. The minimum atomic E-state index is -0.875. The third-order valence-electron chi connectivity index (χ3n) is 8.74. The zero-order chi connectivity index (χ0) is 35.2. The maximum atomic E-state index is 13.7. The van der Waals surface area contributed by atoms with Crippen LogP contribution in [-0.4, -0.2) is 38.8 Å². The number of β-lactam (4-membered cyclic amide) rings is 1. The first-order valence-corrected chi connectivity index (χ1v) is 16.2. The highest BCUT2D eigenvalue weighted by atomic mass is 19.1. The Kier molecular flexibility index (Phi) is 10.4. The number of carbonyl (C=O) groups excluding carboxylic acids is 2. The molecular formula is C36H33F2N5O7. The Morgan fingerprint density at radius 2 is 1.62 bits per heavy atom. The molecule has 6 rings (SSSR count). The molecule has 1 saturated heterocycles. The molecule has 0 radical (unpaired) electrons. The SMILES string of the molecule is O=C(CCCCCNc1ccc([N+](=O)[O-])c2nonc12)Oc1ccc([C@@H]2[C@@H](CC[C@H](O)c3ccc(F)cc3)C(=O)N2c2ccc(F)cc2)cc1. The number of nitrogens with one attached hydrogen (secondary N) is 1. The number of nitro groups is 1. The van der Waals surface area contributed by atoms with Gasteiger partial charge in [0, 0.05) is 24.7 Å². The summed E-state index contributed by atoms with van der Waals surface area (Å²) in [5.41, 5.74) is 2.60. The Bertz CT molecular complexity index is 1970.